The van der Waals surface area contributed by atoms with Crippen LogP contribution in [0.25, 0.3) is 0 Å². The van der Waals surface area contributed by atoms with Gasteiger partial charge in [0.25, 0.3) is 0 Å². The number of rotatable bonds is 9. The SMILES string of the molecule is CCC(C)N(C)CCNCc1nccc(OC)c1OC. The van der Waals surface area contributed by atoms with Crippen molar-refractivity contribution in [2.75, 3.05) is 34.4 Å². The van der Waals surface area contributed by atoms with Gasteiger partial charge in [0.15, 0.2) is 11.5 Å². The normalized spacial score (nSPS) is 12.5. The van der Waals surface area contributed by atoms with Crippen LogP contribution >= 0.6 is 0 Å². The smallest absolute Gasteiger partial charge is 0.183 e. The van der Waals surface area contributed by atoms with Crippen molar-refractivity contribution in [2.45, 2.75) is 32.9 Å². The molecule has 114 valence electrons. The first-order valence-electron chi connectivity index (χ1n) is 7.10. The van der Waals surface area contributed by atoms with E-state index in [0.29, 0.717) is 18.3 Å². The van der Waals surface area contributed by atoms with Crippen molar-refractivity contribution in [3.63, 3.8) is 0 Å². The number of pyridine rings is 1. The summed E-state index contributed by atoms with van der Waals surface area (Å²) >= 11 is 0. The van der Waals surface area contributed by atoms with Gasteiger partial charge in [-0.3, -0.25) is 4.98 Å². The van der Waals surface area contributed by atoms with Gasteiger partial charge in [-0.15, -0.1) is 0 Å². The fraction of sp³-hybridized carbons (Fsp3) is 0.667. The second-order valence-corrected chi connectivity index (χ2v) is 4.91. The number of ether oxygens (including phenoxy) is 2. The molecule has 0 saturated carbocycles. The van der Waals surface area contributed by atoms with Crippen LogP contribution in [0.5, 0.6) is 11.5 Å². The van der Waals surface area contributed by atoms with Crippen molar-refractivity contribution in [1.29, 1.82) is 0 Å². The maximum atomic E-state index is 5.36. The van der Waals surface area contributed by atoms with Crippen LogP contribution in [0.4, 0.5) is 0 Å². The van der Waals surface area contributed by atoms with Crippen molar-refractivity contribution < 1.29 is 9.47 Å². The van der Waals surface area contributed by atoms with E-state index in [1.807, 2.05) is 0 Å². The average molecular weight is 281 g/mol. The molecule has 0 spiro atoms. The number of likely N-dealkylation sites (N-methyl/N-ethyl adjacent to an activating group) is 1. The molecule has 1 atom stereocenters. The molecule has 1 N–H and O–H groups in total. The standard InChI is InChI=1S/C15H27N3O2/c1-6-12(2)18(3)10-9-16-11-13-15(20-5)14(19-4)7-8-17-13/h7-8,12,16H,6,9-11H2,1-5H3. The molecule has 5 nitrogen and oxygen atoms in total. The molecular weight excluding hydrogens is 254 g/mol. The number of methoxy groups -OCH3 is 2. The Kier molecular flexibility index (Phi) is 7.33. The molecule has 0 amide bonds. The third-order valence-electron chi connectivity index (χ3n) is 3.64. The first-order valence-corrected chi connectivity index (χ1v) is 7.10. The first kappa shape index (κ1) is 16.7. The van der Waals surface area contributed by atoms with E-state index in [0.717, 1.165) is 24.5 Å². The van der Waals surface area contributed by atoms with E-state index in [9.17, 15) is 0 Å². The highest BCUT2D eigenvalue weighted by molar-refractivity contribution is 5.42. The fourth-order valence-electron chi connectivity index (χ4n) is 1.97. The summed E-state index contributed by atoms with van der Waals surface area (Å²) in [5, 5.41) is 3.40. The Morgan fingerprint density at radius 3 is 2.70 bits per heavy atom. The summed E-state index contributed by atoms with van der Waals surface area (Å²) in [4.78, 5) is 6.70. The molecule has 1 aromatic heterocycles. The lowest BCUT2D eigenvalue weighted by atomic mass is 10.2. The van der Waals surface area contributed by atoms with Crippen LogP contribution in [0.1, 0.15) is 26.0 Å². The van der Waals surface area contributed by atoms with Gasteiger partial charge in [0.2, 0.25) is 0 Å². The average Bonchev–Trinajstić information content (AvgIpc) is 2.49. The van der Waals surface area contributed by atoms with Crippen LogP contribution in [-0.2, 0) is 6.54 Å². The molecule has 1 aromatic rings. The Labute approximate surface area is 122 Å². The number of nitrogens with zero attached hydrogens (tertiary/aromatic N) is 2. The first-order chi connectivity index (χ1) is 9.63. The van der Waals surface area contributed by atoms with E-state index in [4.69, 9.17) is 9.47 Å². The molecule has 1 rings (SSSR count). The number of nitrogens with one attached hydrogen (secondary N) is 1. The van der Waals surface area contributed by atoms with Crippen molar-refractivity contribution in [3.05, 3.63) is 18.0 Å². The highest BCUT2D eigenvalue weighted by Crippen LogP contribution is 2.28. The van der Waals surface area contributed by atoms with Crippen LogP contribution in [0.3, 0.4) is 0 Å². The minimum absolute atomic E-state index is 0.612. The highest BCUT2D eigenvalue weighted by atomic mass is 16.5. The third kappa shape index (κ3) is 4.65. The lowest BCUT2D eigenvalue weighted by Crippen LogP contribution is -2.34. The highest BCUT2D eigenvalue weighted by Gasteiger charge is 2.11. The maximum Gasteiger partial charge on any atom is 0.183 e. The zero-order chi connectivity index (χ0) is 15.0. The van der Waals surface area contributed by atoms with Gasteiger partial charge in [0.1, 0.15) is 0 Å². The predicted molar refractivity (Wildman–Crippen MR) is 81.4 cm³/mol. The second-order valence-electron chi connectivity index (χ2n) is 4.91. The van der Waals surface area contributed by atoms with E-state index in [1.54, 1.807) is 26.5 Å². The Hall–Kier alpha value is -1.33. The summed E-state index contributed by atoms with van der Waals surface area (Å²) in [5.41, 5.74) is 0.873. The molecule has 20 heavy (non-hydrogen) atoms. The van der Waals surface area contributed by atoms with Crippen molar-refractivity contribution in [1.82, 2.24) is 15.2 Å². The van der Waals surface area contributed by atoms with Crippen LogP contribution in [0, 0.1) is 0 Å². The van der Waals surface area contributed by atoms with Gasteiger partial charge in [0.05, 0.1) is 19.9 Å². The molecule has 0 aliphatic carbocycles. The van der Waals surface area contributed by atoms with Crippen LogP contribution in [0.15, 0.2) is 12.3 Å². The minimum Gasteiger partial charge on any atom is -0.493 e. The largest absolute Gasteiger partial charge is 0.493 e. The summed E-state index contributed by atoms with van der Waals surface area (Å²) in [6.45, 7) is 7.06. The summed E-state index contributed by atoms with van der Waals surface area (Å²) in [6, 6.07) is 2.42. The number of aromatic nitrogens is 1. The van der Waals surface area contributed by atoms with Gasteiger partial charge in [-0.2, -0.15) is 0 Å². The number of hydrogen-bond donors (Lipinski definition) is 1. The molecule has 0 aliphatic rings. The summed E-state index contributed by atoms with van der Waals surface area (Å²) in [7, 11) is 5.43. The van der Waals surface area contributed by atoms with Gasteiger partial charge < -0.3 is 19.7 Å². The van der Waals surface area contributed by atoms with Gasteiger partial charge in [-0.25, -0.2) is 0 Å². The van der Waals surface area contributed by atoms with E-state index < -0.39 is 0 Å². The summed E-state index contributed by atoms with van der Waals surface area (Å²) in [5.74, 6) is 1.42. The zero-order valence-corrected chi connectivity index (χ0v) is 13.3. The van der Waals surface area contributed by atoms with Crippen LogP contribution in [-0.4, -0.2) is 50.3 Å². The zero-order valence-electron chi connectivity index (χ0n) is 13.3. The minimum atomic E-state index is 0.612. The Balaban J connectivity index is 2.46. The Morgan fingerprint density at radius 2 is 2.10 bits per heavy atom. The fourth-order valence-corrected chi connectivity index (χ4v) is 1.97. The molecule has 1 unspecified atom stereocenters. The van der Waals surface area contributed by atoms with Gasteiger partial charge in [0, 0.05) is 37.9 Å². The van der Waals surface area contributed by atoms with E-state index in [2.05, 4.69) is 36.1 Å². The quantitative estimate of drug-likeness (QED) is 0.701. The molecule has 0 bridgehead atoms. The van der Waals surface area contributed by atoms with E-state index >= 15 is 0 Å². The topological polar surface area (TPSA) is 46.6 Å². The Morgan fingerprint density at radius 1 is 1.35 bits per heavy atom. The maximum absolute atomic E-state index is 5.36. The van der Waals surface area contributed by atoms with Gasteiger partial charge in [-0.1, -0.05) is 6.92 Å². The van der Waals surface area contributed by atoms with Gasteiger partial charge >= 0.3 is 0 Å². The molecule has 0 aliphatic heterocycles. The molecule has 0 radical (unpaired) electrons. The predicted octanol–water partition coefficient (Wildman–Crippen LogP) is 1.92. The van der Waals surface area contributed by atoms with Crippen molar-refractivity contribution in [2.24, 2.45) is 0 Å². The monoisotopic (exact) mass is 281 g/mol. The lowest BCUT2D eigenvalue weighted by molar-refractivity contribution is 0.251. The second kappa shape index (κ2) is 8.76. The van der Waals surface area contributed by atoms with Crippen molar-refractivity contribution in [3.8, 4) is 11.5 Å². The van der Waals surface area contributed by atoms with Gasteiger partial charge in [-0.05, 0) is 20.4 Å². The molecular formula is C15H27N3O2. The number of hydrogen-bond acceptors (Lipinski definition) is 5. The molecule has 1 heterocycles. The van der Waals surface area contributed by atoms with Crippen LogP contribution in [0.2, 0.25) is 0 Å². The van der Waals surface area contributed by atoms with E-state index in [-0.39, 0.29) is 0 Å². The molecule has 5 heteroatoms. The molecule has 0 aromatic carbocycles. The lowest BCUT2D eigenvalue weighted by Gasteiger charge is -2.23. The van der Waals surface area contributed by atoms with E-state index in [1.165, 1.54) is 6.42 Å². The molecule has 0 fully saturated rings. The molecule has 0 saturated heterocycles. The third-order valence-corrected chi connectivity index (χ3v) is 3.64. The summed E-state index contributed by atoms with van der Waals surface area (Å²) < 4.78 is 10.6. The Bertz CT molecular complexity index is 399. The summed E-state index contributed by atoms with van der Waals surface area (Å²) in [6.07, 6.45) is 2.91. The van der Waals surface area contributed by atoms with Crippen LogP contribution < -0.4 is 14.8 Å². The van der Waals surface area contributed by atoms with Crippen molar-refractivity contribution >= 4 is 0 Å².